The first-order valence-corrected chi connectivity index (χ1v) is 9.81. The van der Waals surface area contributed by atoms with Crippen LogP contribution in [0.3, 0.4) is 0 Å². The average molecular weight is 383 g/mol. The fraction of sp³-hybridized carbons (Fsp3) is 0.579. The quantitative estimate of drug-likeness (QED) is 0.840. The van der Waals surface area contributed by atoms with E-state index in [1.807, 2.05) is 11.0 Å². The first-order chi connectivity index (χ1) is 12.0. The van der Waals surface area contributed by atoms with Crippen molar-refractivity contribution in [3.8, 4) is 0 Å². The van der Waals surface area contributed by atoms with E-state index in [1.54, 1.807) is 12.1 Å². The molecule has 1 N–H and O–H groups in total. The molecule has 1 saturated carbocycles. The highest BCUT2D eigenvalue weighted by molar-refractivity contribution is 6.35. The second kappa shape index (κ2) is 8.41. The lowest BCUT2D eigenvalue weighted by Gasteiger charge is -2.31. The Kier molecular flexibility index (Phi) is 6.24. The number of amides is 2. The number of carbonyl (C=O) groups is 2. The molecule has 1 aliphatic carbocycles. The summed E-state index contributed by atoms with van der Waals surface area (Å²) in [6.45, 7) is 1.07. The van der Waals surface area contributed by atoms with Gasteiger partial charge in [0.15, 0.2) is 0 Å². The van der Waals surface area contributed by atoms with Gasteiger partial charge in [0.1, 0.15) is 0 Å². The fourth-order valence-corrected chi connectivity index (χ4v) is 4.34. The van der Waals surface area contributed by atoms with Crippen LogP contribution in [0.25, 0.3) is 0 Å². The summed E-state index contributed by atoms with van der Waals surface area (Å²) in [5.41, 5.74) is 0.956. The standard InChI is InChI=1S/C19H24Cl2N2O2/c20-15-7-6-13(17(21)11-15)8-9-22-19(25)14-10-18(24)23(12-14)16-4-2-1-3-5-16/h6-7,11,14,16H,1-5,8-10,12H2,(H,22,25)/t14-/m0/s1. The molecule has 4 nitrogen and oxygen atoms in total. The van der Waals surface area contributed by atoms with E-state index in [9.17, 15) is 9.59 Å². The fourth-order valence-electron chi connectivity index (χ4n) is 3.84. The summed E-state index contributed by atoms with van der Waals surface area (Å²) in [5, 5.41) is 4.16. The molecule has 1 heterocycles. The molecule has 0 spiro atoms. The number of hydrogen-bond acceptors (Lipinski definition) is 2. The maximum absolute atomic E-state index is 12.4. The highest BCUT2D eigenvalue weighted by Crippen LogP contribution is 2.28. The summed E-state index contributed by atoms with van der Waals surface area (Å²) in [4.78, 5) is 26.6. The van der Waals surface area contributed by atoms with Gasteiger partial charge in [-0.15, -0.1) is 0 Å². The molecule has 2 aliphatic rings. The Morgan fingerprint density at radius 3 is 2.68 bits per heavy atom. The molecule has 1 saturated heterocycles. The lowest BCUT2D eigenvalue weighted by Crippen LogP contribution is -2.39. The third-order valence-corrected chi connectivity index (χ3v) is 5.84. The van der Waals surface area contributed by atoms with Crippen molar-refractivity contribution < 1.29 is 9.59 Å². The summed E-state index contributed by atoms with van der Waals surface area (Å²) < 4.78 is 0. The zero-order chi connectivity index (χ0) is 17.8. The van der Waals surface area contributed by atoms with E-state index in [0.717, 1.165) is 18.4 Å². The van der Waals surface area contributed by atoms with Gasteiger partial charge in [-0.3, -0.25) is 9.59 Å². The minimum absolute atomic E-state index is 0.0308. The van der Waals surface area contributed by atoms with E-state index in [0.29, 0.717) is 42.0 Å². The minimum atomic E-state index is -0.227. The van der Waals surface area contributed by atoms with Crippen LogP contribution in [0.5, 0.6) is 0 Å². The summed E-state index contributed by atoms with van der Waals surface area (Å²) >= 11 is 12.0. The van der Waals surface area contributed by atoms with E-state index in [4.69, 9.17) is 23.2 Å². The molecule has 0 unspecified atom stereocenters. The van der Waals surface area contributed by atoms with Crippen LogP contribution in [0.2, 0.25) is 10.0 Å². The van der Waals surface area contributed by atoms with Crippen molar-refractivity contribution in [3.63, 3.8) is 0 Å². The zero-order valence-electron chi connectivity index (χ0n) is 14.3. The molecule has 1 aromatic carbocycles. The maximum atomic E-state index is 12.4. The van der Waals surface area contributed by atoms with Crippen LogP contribution in [0.1, 0.15) is 44.1 Å². The lowest BCUT2D eigenvalue weighted by atomic mass is 9.94. The normalized spacial score (nSPS) is 21.6. The third kappa shape index (κ3) is 4.68. The van der Waals surface area contributed by atoms with E-state index in [-0.39, 0.29) is 17.7 Å². The van der Waals surface area contributed by atoms with Gasteiger partial charge in [-0.05, 0) is 37.0 Å². The molecule has 2 amide bonds. The van der Waals surface area contributed by atoms with Crippen LogP contribution in [0.4, 0.5) is 0 Å². The molecule has 6 heteroatoms. The van der Waals surface area contributed by atoms with E-state index in [2.05, 4.69) is 5.32 Å². The van der Waals surface area contributed by atoms with Crippen molar-refractivity contribution in [2.45, 2.75) is 51.0 Å². The number of rotatable bonds is 5. The Hall–Kier alpha value is -1.26. The molecule has 1 aromatic rings. The first-order valence-electron chi connectivity index (χ1n) is 9.05. The number of carbonyl (C=O) groups excluding carboxylic acids is 2. The third-order valence-electron chi connectivity index (χ3n) is 5.25. The van der Waals surface area contributed by atoms with Gasteiger partial charge < -0.3 is 10.2 Å². The number of hydrogen-bond donors (Lipinski definition) is 1. The Balaban J connectivity index is 1.47. The van der Waals surface area contributed by atoms with Crippen LogP contribution in [-0.4, -0.2) is 35.8 Å². The van der Waals surface area contributed by atoms with E-state index >= 15 is 0 Å². The molecular formula is C19H24Cl2N2O2. The molecule has 0 aromatic heterocycles. The molecule has 0 radical (unpaired) electrons. The van der Waals surface area contributed by atoms with Crippen molar-refractivity contribution in [3.05, 3.63) is 33.8 Å². The minimum Gasteiger partial charge on any atom is -0.355 e. The van der Waals surface area contributed by atoms with Gasteiger partial charge in [0.25, 0.3) is 0 Å². The second-order valence-electron chi connectivity index (χ2n) is 7.02. The Labute approximate surface area is 158 Å². The molecule has 1 atom stereocenters. The first kappa shape index (κ1) is 18.5. The Morgan fingerprint density at radius 1 is 1.20 bits per heavy atom. The van der Waals surface area contributed by atoms with Crippen LogP contribution < -0.4 is 5.32 Å². The van der Waals surface area contributed by atoms with E-state index in [1.165, 1.54) is 19.3 Å². The zero-order valence-corrected chi connectivity index (χ0v) is 15.8. The average Bonchev–Trinajstić information content (AvgIpc) is 2.99. The van der Waals surface area contributed by atoms with Crippen LogP contribution in [0.15, 0.2) is 18.2 Å². The van der Waals surface area contributed by atoms with Crippen molar-refractivity contribution in [2.75, 3.05) is 13.1 Å². The van der Waals surface area contributed by atoms with Crippen molar-refractivity contribution in [1.82, 2.24) is 10.2 Å². The van der Waals surface area contributed by atoms with Crippen molar-refractivity contribution >= 4 is 35.0 Å². The number of halogens is 2. The van der Waals surface area contributed by atoms with Gasteiger partial charge in [0, 0.05) is 35.6 Å². The lowest BCUT2D eigenvalue weighted by molar-refractivity contribution is -0.130. The van der Waals surface area contributed by atoms with Gasteiger partial charge >= 0.3 is 0 Å². The maximum Gasteiger partial charge on any atom is 0.225 e. The van der Waals surface area contributed by atoms with Gasteiger partial charge in [-0.2, -0.15) is 0 Å². The highest BCUT2D eigenvalue weighted by atomic mass is 35.5. The Bertz CT molecular complexity index is 644. The summed E-state index contributed by atoms with van der Waals surface area (Å²) in [5.74, 6) is -0.125. The predicted molar refractivity (Wildman–Crippen MR) is 99.9 cm³/mol. The molecule has 2 fully saturated rings. The predicted octanol–water partition coefficient (Wildman–Crippen LogP) is 3.83. The van der Waals surface area contributed by atoms with Crippen molar-refractivity contribution in [1.29, 1.82) is 0 Å². The van der Waals surface area contributed by atoms with Crippen LogP contribution in [-0.2, 0) is 16.0 Å². The van der Waals surface area contributed by atoms with Crippen LogP contribution in [0, 0.1) is 5.92 Å². The smallest absolute Gasteiger partial charge is 0.225 e. The number of benzene rings is 1. The number of likely N-dealkylation sites (tertiary alicyclic amines) is 1. The summed E-state index contributed by atoms with van der Waals surface area (Å²) in [6.07, 6.45) is 6.78. The van der Waals surface area contributed by atoms with Gasteiger partial charge in [-0.25, -0.2) is 0 Å². The van der Waals surface area contributed by atoms with Gasteiger partial charge in [-0.1, -0.05) is 48.5 Å². The summed E-state index contributed by atoms with van der Waals surface area (Å²) in [7, 11) is 0. The van der Waals surface area contributed by atoms with Gasteiger partial charge in [0.05, 0.1) is 5.92 Å². The topological polar surface area (TPSA) is 49.4 Å². The molecule has 0 bridgehead atoms. The number of nitrogens with zero attached hydrogens (tertiary/aromatic N) is 1. The van der Waals surface area contributed by atoms with E-state index < -0.39 is 0 Å². The molecule has 136 valence electrons. The SMILES string of the molecule is O=C(NCCc1ccc(Cl)cc1Cl)[C@H]1CC(=O)N(C2CCCCC2)C1. The summed E-state index contributed by atoms with van der Waals surface area (Å²) in [6, 6.07) is 5.72. The monoisotopic (exact) mass is 382 g/mol. The van der Waals surface area contributed by atoms with Crippen LogP contribution >= 0.6 is 23.2 Å². The second-order valence-corrected chi connectivity index (χ2v) is 7.86. The Morgan fingerprint density at radius 2 is 1.96 bits per heavy atom. The largest absolute Gasteiger partial charge is 0.355 e. The van der Waals surface area contributed by atoms with Crippen molar-refractivity contribution in [2.24, 2.45) is 5.92 Å². The molecule has 1 aliphatic heterocycles. The molecular weight excluding hydrogens is 359 g/mol. The highest BCUT2D eigenvalue weighted by Gasteiger charge is 2.37. The molecule has 25 heavy (non-hydrogen) atoms. The number of nitrogens with one attached hydrogen (secondary N) is 1. The van der Waals surface area contributed by atoms with Gasteiger partial charge in [0.2, 0.25) is 11.8 Å². The molecule has 3 rings (SSSR count).